The van der Waals surface area contributed by atoms with Gasteiger partial charge in [0.1, 0.15) is 6.23 Å². The molecular weight excluding hydrogens is 116 g/mol. The van der Waals surface area contributed by atoms with Crippen molar-refractivity contribution in [2.24, 2.45) is 5.73 Å². The van der Waals surface area contributed by atoms with Crippen LogP contribution in [0.3, 0.4) is 0 Å². The monoisotopic (exact) mass is 130 g/mol. The van der Waals surface area contributed by atoms with Gasteiger partial charge in [-0.25, -0.2) is 0 Å². The molecule has 0 spiro atoms. The van der Waals surface area contributed by atoms with Crippen LogP contribution in [0.25, 0.3) is 0 Å². The van der Waals surface area contributed by atoms with Crippen LogP contribution in [0.1, 0.15) is 19.3 Å². The first-order valence-corrected chi connectivity index (χ1v) is 3.12. The predicted octanol–water partition coefficient (Wildman–Crippen LogP) is 0.737. The van der Waals surface area contributed by atoms with Crippen molar-refractivity contribution < 1.29 is 4.74 Å². The van der Waals surface area contributed by atoms with Crippen LogP contribution in [-0.4, -0.2) is 19.6 Å². The molecule has 0 aromatic heterocycles. The molecule has 0 aromatic rings. The molecule has 3 nitrogen and oxygen atoms in total. The van der Waals surface area contributed by atoms with E-state index in [2.05, 4.69) is 6.72 Å². The van der Waals surface area contributed by atoms with E-state index in [1.54, 1.807) is 0 Å². The number of nitrogens with one attached hydrogen (secondary N) is 1. The summed E-state index contributed by atoms with van der Waals surface area (Å²) in [6.07, 6.45) is 3.50. The van der Waals surface area contributed by atoms with Crippen molar-refractivity contribution in [2.45, 2.75) is 25.5 Å². The van der Waals surface area contributed by atoms with E-state index in [4.69, 9.17) is 15.9 Å². The quantitative estimate of drug-likeness (QED) is 0.475. The average Bonchev–Trinajstić information content (AvgIpc) is 1.94. The van der Waals surface area contributed by atoms with Crippen LogP contribution in [0.2, 0.25) is 0 Å². The summed E-state index contributed by atoms with van der Waals surface area (Å²) in [6.45, 7) is 3.36. The summed E-state index contributed by atoms with van der Waals surface area (Å²) in [5.74, 6) is 0. The maximum absolute atomic E-state index is 5.50. The van der Waals surface area contributed by atoms with E-state index in [1.807, 2.05) is 0 Å². The molecule has 1 unspecified atom stereocenters. The number of rotatable bonds is 0. The summed E-state index contributed by atoms with van der Waals surface area (Å²) in [5, 5.41) is 5.50. The Morgan fingerprint density at radius 1 is 1.44 bits per heavy atom. The lowest BCUT2D eigenvalue weighted by Crippen LogP contribution is -2.27. The highest BCUT2D eigenvalue weighted by atomic mass is 16.5. The summed E-state index contributed by atoms with van der Waals surface area (Å²) in [4.78, 5) is 0. The van der Waals surface area contributed by atoms with E-state index in [9.17, 15) is 0 Å². The van der Waals surface area contributed by atoms with Crippen LogP contribution in [-0.2, 0) is 4.74 Å². The number of nitrogens with two attached hydrogens (primary N) is 1. The molecule has 1 fully saturated rings. The number of hydrogen-bond donors (Lipinski definition) is 2. The van der Waals surface area contributed by atoms with Crippen LogP contribution < -0.4 is 5.73 Å². The Morgan fingerprint density at radius 3 is 2.33 bits per heavy atom. The van der Waals surface area contributed by atoms with E-state index in [0.29, 0.717) is 0 Å². The minimum atomic E-state index is 0.0359. The Labute approximate surface area is 55.7 Å². The standard InChI is InChI=1S/C5H11NO.CH3N/c6-5-3-1-2-4-7-5;1-2/h5H,1-4,6H2;2H,1H2. The highest BCUT2D eigenvalue weighted by Gasteiger charge is 2.06. The van der Waals surface area contributed by atoms with Crippen molar-refractivity contribution in [3.63, 3.8) is 0 Å². The third kappa shape index (κ3) is 4.12. The van der Waals surface area contributed by atoms with Crippen molar-refractivity contribution in [1.29, 1.82) is 5.41 Å². The van der Waals surface area contributed by atoms with Crippen LogP contribution >= 0.6 is 0 Å². The van der Waals surface area contributed by atoms with E-state index in [1.165, 1.54) is 12.8 Å². The van der Waals surface area contributed by atoms with Gasteiger partial charge >= 0.3 is 0 Å². The molecule has 1 aliphatic rings. The van der Waals surface area contributed by atoms with Crippen LogP contribution in [0.15, 0.2) is 0 Å². The molecule has 9 heavy (non-hydrogen) atoms. The van der Waals surface area contributed by atoms with Gasteiger partial charge in [0.15, 0.2) is 0 Å². The Hall–Kier alpha value is -0.410. The van der Waals surface area contributed by atoms with Crippen LogP contribution in [0.4, 0.5) is 0 Å². The van der Waals surface area contributed by atoms with E-state index < -0.39 is 0 Å². The topological polar surface area (TPSA) is 59.1 Å². The molecule has 0 amide bonds. The fourth-order valence-corrected chi connectivity index (χ4v) is 0.766. The fourth-order valence-electron chi connectivity index (χ4n) is 0.766. The highest BCUT2D eigenvalue weighted by Crippen LogP contribution is 2.06. The zero-order valence-electron chi connectivity index (χ0n) is 5.60. The molecule has 0 aliphatic carbocycles. The molecule has 1 aliphatic heterocycles. The average molecular weight is 130 g/mol. The number of ether oxygens (including phenoxy) is 1. The van der Waals surface area contributed by atoms with Gasteiger partial charge in [0, 0.05) is 6.61 Å². The smallest absolute Gasteiger partial charge is 0.105 e. The maximum Gasteiger partial charge on any atom is 0.105 e. The summed E-state index contributed by atoms with van der Waals surface area (Å²) < 4.78 is 5.06. The molecule has 1 atom stereocenters. The lowest BCUT2D eigenvalue weighted by molar-refractivity contribution is 0.0206. The first-order valence-electron chi connectivity index (χ1n) is 3.12. The minimum absolute atomic E-state index is 0.0359. The van der Waals surface area contributed by atoms with Crippen LogP contribution in [0, 0.1) is 5.41 Å². The first kappa shape index (κ1) is 8.59. The van der Waals surface area contributed by atoms with Gasteiger partial charge in [-0.15, -0.1) is 0 Å². The molecule has 0 saturated carbocycles. The van der Waals surface area contributed by atoms with Gasteiger partial charge in [0.05, 0.1) is 0 Å². The van der Waals surface area contributed by atoms with Crippen molar-refractivity contribution in [3.8, 4) is 0 Å². The SMILES string of the molecule is C=N.NC1CCCCO1. The molecule has 3 heteroatoms. The van der Waals surface area contributed by atoms with Crippen molar-refractivity contribution >= 4 is 6.72 Å². The summed E-state index contributed by atoms with van der Waals surface area (Å²) in [5.41, 5.74) is 5.41. The van der Waals surface area contributed by atoms with Crippen molar-refractivity contribution in [3.05, 3.63) is 0 Å². The normalized spacial score (nSPS) is 26.1. The molecule has 1 rings (SSSR count). The van der Waals surface area contributed by atoms with E-state index in [-0.39, 0.29) is 6.23 Å². The number of hydrogen-bond acceptors (Lipinski definition) is 3. The summed E-state index contributed by atoms with van der Waals surface area (Å²) in [7, 11) is 0. The second-order valence-corrected chi connectivity index (χ2v) is 1.91. The molecule has 1 saturated heterocycles. The molecule has 0 radical (unpaired) electrons. The lowest BCUT2D eigenvalue weighted by atomic mass is 10.2. The molecule has 3 N–H and O–H groups in total. The molecule has 0 bridgehead atoms. The van der Waals surface area contributed by atoms with Crippen molar-refractivity contribution in [1.82, 2.24) is 0 Å². The molecule has 1 heterocycles. The third-order valence-corrected chi connectivity index (χ3v) is 1.21. The third-order valence-electron chi connectivity index (χ3n) is 1.21. The van der Waals surface area contributed by atoms with Gasteiger partial charge < -0.3 is 15.9 Å². The van der Waals surface area contributed by atoms with Crippen LogP contribution in [0.5, 0.6) is 0 Å². The second-order valence-electron chi connectivity index (χ2n) is 1.91. The second kappa shape index (κ2) is 5.72. The highest BCUT2D eigenvalue weighted by molar-refractivity contribution is 5.15. The van der Waals surface area contributed by atoms with Gasteiger partial charge in [0.25, 0.3) is 0 Å². The molecule has 54 valence electrons. The van der Waals surface area contributed by atoms with E-state index in [0.717, 1.165) is 13.0 Å². The largest absolute Gasteiger partial charge is 0.364 e. The van der Waals surface area contributed by atoms with Gasteiger partial charge in [-0.2, -0.15) is 0 Å². The Morgan fingerprint density at radius 2 is 2.11 bits per heavy atom. The minimum Gasteiger partial charge on any atom is -0.364 e. The Bertz CT molecular complexity index is 62.1. The van der Waals surface area contributed by atoms with Crippen molar-refractivity contribution in [2.75, 3.05) is 6.61 Å². The van der Waals surface area contributed by atoms with E-state index >= 15 is 0 Å². The van der Waals surface area contributed by atoms with Gasteiger partial charge in [-0.05, 0) is 26.0 Å². The maximum atomic E-state index is 5.50. The lowest BCUT2D eigenvalue weighted by Gasteiger charge is -2.17. The Balaban J connectivity index is 0.000000291. The van der Waals surface area contributed by atoms with Gasteiger partial charge in [-0.3, -0.25) is 0 Å². The first-order chi connectivity index (χ1) is 4.39. The molecule has 0 aromatic carbocycles. The summed E-state index contributed by atoms with van der Waals surface area (Å²) >= 11 is 0. The Kier molecular flexibility index (Phi) is 5.46. The summed E-state index contributed by atoms with van der Waals surface area (Å²) in [6, 6.07) is 0. The van der Waals surface area contributed by atoms with Gasteiger partial charge in [-0.1, -0.05) is 0 Å². The zero-order chi connectivity index (χ0) is 7.11. The zero-order valence-corrected chi connectivity index (χ0v) is 5.60. The predicted molar refractivity (Wildman–Crippen MR) is 37.6 cm³/mol. The fraction of sp³-hybridized carbons (Fsp3) is 0.833. The molecular formula is C6H14N2O. The van der Waals surface area contributed by atoms with Gasteiger partial charge in [0.2, 0.25) is 0 Å².